The van der Waals surface area contributed by atoms with E-state index in [9.17, 15) is 18.0 Å². The van der Waals surface area contributed by atoms with E-state index in [0.29, 0.717) is 23.2 Å². The van der Waals surface area contributed by atoms with Gasteiger partial charge in [-0.2, -0.15) is 13.2 Å². The largest absolute Gasteiger partial charge is 0.465 e. The summed E-state index contributed by atoms with van der Waals surface area (Å²) in [4.78, 5) is 19.0. The molecule has 31 heavy (non-hydrogen) atoms. The highest BCUT2D eigenvalue weighted by Gasteiger charge is 2.59. The maximum absolute atomic E-state index is 14.2. The van der Waals surface area contributed by atoms with Gasteiger partial charge in [0.05, 0.1) is 18.4 Å². The third-order valence-corrected chi connectivity index (χ3v) is 5.13. The van der Waals surface area contributed by atoms with Gasteiger partial charge >= 0.3 is 12.1 Å². The molecule has 2 aromatic rings. The van der Waals surface area contributed by atoms with Crippen LogP contribution in [-0.4, -0.2) is 38.3 Å². The molecule has 0 saturated heterocycles. The number of halogens is 5. The van der Waals surface area contributed by atoms with E-state index in [2.05, 4.69) is 5.48 Å². The quantitative estimate of drug-likeness (QED) is 0.605. The normalized spacial score (nSPS) is 18.7. The smallest absolute Gasteiger partial charge is 0.428 e. The summed E-state index contributed by atoms with van der Waals surface area (Å²) in [5.41, 5.74) is 0.727. The summed E-state index contributed by atoms with van der Waals surface area (Å²) in [5, 5.41) is 0.0968. The number of nitrogens with zero attached hydrogens (tertiary/aromatic N) is 1. The van der Waals surface area contributed by atoms with Crippen molar-refractivity contribution >= 4 is 34.9 Å². The van der Waals surface area contributed by atoms with Gasteiger partial charge in [-0.25, -0.2) is 4.79 Å². The third-order valence-electron chi connectivity index (χ3n) is 4.69. The van der Waals surface area contributed by atoms with Gasteiger partial charge in [-0.3, -0.25) is 10.3 Å². The SMILES string of the molecule is COC(=O)c1ccc(C2=CC(c3cc(Cl)cc(Cl)c3)(C(F)(F)F)ON2)cc1CN(C)C. The van der Waals surface area contributed by atoms with E-state index in [1.54, 1.807) is 6.07 Å². The molecule has 0 saturated carbocycles. The Hall–Kier alpha value is -2.26. The van der Waals surface area contributed by atoms with Crippen LogP contribution < -0.4 is 5.48 Å². The van der Waals surface area contributed by atoms with Crippen LogP contribution in [0.2, 0.25) is 10.0 Å². The van der Waals surface area contributed by atoms with Gasteiger partial charge in [-0.05, 0) is 56.1 Å². The van der Waals surface area contributed by atoms with Crippen molar-refractivity contribution in [1.29, 1.82) is 0 Å². The van der Waals surface area contributed by atoms with Crippen LogP contribution in [0.1, 0.15) is 27.0 Å². The van der Waals surface area contributed by atoms with E-state index in [4.69, 9.17) is 32.8 Å². The molecule has 1 unspecified atom stereocenters. The van der Waals surface area contributed by atoms with Crippen molar-refractivity contribution in [2.45, 2.75) is 18.3 Å². The molecule has 1 heterocycles. The molecule has 0 amide bonds. The molecule has 0 aliphatic carbocycles. The van der Waals surface area contributed by atoms with Crippen molar-refractivity contribution in [3.63, 3.8) is 0 Å². The fourth-order valence-corrected chi connectivity index (χ4v) is 3.82. The van der Waals surface area contributed by atoms with E-state index >= 15 is 0 Å². The number of hydroxylamine groups is 1. The summed E-state index contributed by atoms with van der Waals surface area (Å²) < 4.78 is 47.3. The number of rotatable bonds is 5. The Kier molecular flexibility index (Phi) is 6.57. The van der Waals surface area contributed by atoms with Gasteiger partial charge < -0.3 is 9.64 Å². The number of carbonyl (C=O) groups is 1. The summed E-state index contributed by atoms with van der Waals surface area (Å²) in [6, 6.07) is 8.28. The molecule has 10 heteroatoms. The first-order valence-corrected chi connectivity index (χ1v) is 9.79. The molecule has 5 nitrogen and oxygen atoms in total. The van der Waals surface area contributed by atoms with Crippen LogP contribution >= 0.6 is 23.2 Å². The lowest BCUT2D eigenvalue weighted by atomic mass is 9.91. The zero-order valence-corrected chi connectivity index (χ0v) is 18.3. The molecule has 1 aliphatic heterocycles. The molecule has 0 fully saturated rings. The van der Waals surface area contributed by atoms with Gasteiger partial charge in [-0.15, -0.1) is 0 Å². The van der Waals surface area contributed by atoms with Crippen molar-refractivity contribution in [3.05, 3.63) is 74.8 Å². The second-order valence-electron chi connectivity index (χ2n) is 7.25. The molecule has 3 rings (SSSR count). The molecular formula is C21H19Cl2F3N2O3. The average Bonchev–Trinajstić information content (AvgIpc) is 3.13. The van der Waals surface area contributed by atoms with Gasteiger partial charge in [0.15, 0.2) is 0 Å². The topological polar surface area (TPSA) is 50.8 Å². The lowest BCUT2D eigenvalue weighted by Gasteiger charge is -2.28. The highest BCUT2D eigenvalue weighted by Crippen LogP contribution is 2.48. The lowest BCUT2D eigenvalue weighted by molar-refractivity contribution is -0.269. The van der Waals surface area contributed by atoms with Crippen molar-refractivity contribution < 1.29 is 27.5 Å². The number of alkyl halides is 3. The van der Waals surface area contributed by atoms with E-state index in [0.717, 1.165) is 18.2 Å². The number of carbonyl (C=O) groups excluding carboxylic acids is 1. The standard InChI is InChI=1S/C21H19Cl2F3N2O3/c1-28(2)11-13-6-12(4-5-17(13)19(29)30-3)18-10-20(31-27-18,21(24,25)26)14-7-15(22)9-16(23)8-14/h4-10,27H,11H2,1-3H3. The molecule has 1 N–H and O–H groups in total. The van der Waals surface area contributed by atoms with Crippen molar-refractivity contribution in [2.24, 2.45) is 0 Å². The zero-order chi connectivity index (χ0) is 23.0. The number of methoxy groups -OCH3 is 1. The van der Waals surface area contributed by atoms with Crippen LogP contribution in [0.3, 0.4) is 0 Å². The van der Waals surface area contributed by atoms with Crippen LogP contribution in [0.5, 0.6) is 0 Å². The number of hydrogen-bond donors (Lipinski definition) is 1. The van der Waals surface area contributed by atoms with Gasteiger partial charge in [0.25, 0.3) is 0 Å². The van der Waals surface area contributed by atoms with Crippen LogP contribution in [0, 0.1) is 0 Å². The molecule has 0 aromatic heterocycles. The molecule has 0 radical (unpaired) electrons. The molecule has 0 bridgehead atoms. The maximum Gasteiger partial charge on any atom is 0.428 e. The highest BCUT2D eigenvalue weighted by molar-refractivity contribution is 6.34. The van der Waals surface area contributed by atoms with E-state index in [1.807, 2.05) is 19.0 Å². The average molecular weight is 475 g/mol. The first-order valence-electron chi connectivity index (χ1n) is 9.03. The Morgan fingerprint density at radius 1 is 1.16 bits per heavy atom. The second kappa shape index (κ2) is 8.70. The lowest BCUT2D eigenvalue weighted by Crippen LogP contribution is -2.42. The Bertz CT molecular complexity index is 1020. The third kappa shape index (κ3) is 4.67. The Balaban J connectivity index is 2.12. The fraction of sp³-hybridized carbons (Fsp3) is 0.286. The van der Waals surface area contributed by atoms with Crippen LogP contribution in [-0.2, 0) is 21.7 Å². The molecular weight excluding hydrogens is 456 g/mol. The summed E-state index contributed by atoms with van der Waals surface area (Å²) in [6.07, 6.45) is -3.88. The minimum Gasteiger partial charge on any atom is -0.465 e. The summed E-state index contributed by atoms with van der Waals surface area (Å²) in [5.74, 6) is -0.536. The molecule has 1 atom stereocenters. The van der Waals surface area contributed by atoms with Crippen LogP contribution in [0.15, 0.2) is 42.5 Å². The molecule has 166 valence electrons. The predicted octanol–water partition coefficient (Wildman–Crippen LogP) is 5.18. The molecule has 2 aromatic carbocycles. The van der Waals surface area contributed by atoms with Crippen molar-refractivity contribution in [1.82, 2.24) is 10.4 Å². The van der Waals surface area contributed by atoms with E-state index in [-0.39, 0.29) is 21.3 Å². The predicted molar refractivity (Wildman–Crippen MR) is 112 cm³/mol. The van der Waals surface area contributed by atoms with Crippen LogP contribution in [0.4, 0.5) is 13.2 Å². The fourth-order valence-electron chi connectivity index (χ4n) is 3.30. The number of hydrogen-bond acceptors (Lipinski definition) is 5. The summed E-state index contributed by atoms with van der Waals surface area (Å²) in [7, 11) is 4.88. The monoisotopic (exact) mass is 474 g/mol. The maximum atomic E-state index is 14.2. The van der Waals surface area contributed by atoms with Gasteiger partial charge in [0, 0.05) is 27.7 Å². The van der Waals surface area contributed by atoms with Crippen molar-refractivity contribution in [3.8, 4) is 0 Å². The van der Waals surface area contributed by atoms with E-state index in [1.165, 1.54) is 25.3 Å². The summed E-state index contributed by atoms with van der Waals surface area (Å²) in [6.45, 7) is 0.376. The Labute approximate surface area is 187 Å². The first kappa shape index (κ1) is 23.4. The van der Waals surface area contributed by atoms with Crippen molar-refractivity contribution in [2.75, 3.05) is 21.2 Å². The number of esters is 1. The summed E-state index contributed by atoms with van der Waals surface area (Å²) >= 11 is 11.9. The van der Waals surface area contributed by atoms with E-state index < -0.39 is 17.7 Å². The Morgan fingerprint density at radius 2 is 1.81 bits per heavy atom. The van der Waals surface area contributed by atoms with Gasteiger partial charge in [-0.1, -0.05) is 29.3 Å². The highest BCUT2D eigenvalue weighted by atomic mass is 35.5. The minimum atomic E-state index is -4.81. The molecule has 1 aliphatic rings. The van der Waals surface area contributed by atoms with Gasteiger partial charge in [0.1, 0.15) is 0 Å². The zero-order valence-electron chi connectivity index (χ0n) is 16.8. The second-order valence-corrected chi connectivity index (χ2v) is 8.13. The number of benzene rings is 2. The molecule has 0 spiro atoms. The Morgan fingerprint density at radius 3 is 2.35 bits per heavy atom. The van der Waals surface area contributed by atoms with Gasteiger partial charge in [0.2, 0.25) is 5.60 Å². The number of nitrogens with one attached hydrogen (secondary N) is 1. The first-order chi connectivity index (χ1) is 14.5. The minimum absolute atomic E-state index is 0.0484. The van der Waals surface area contributed by atoms with Crippen LogP contribution in [0.25, 0.3) is 5.70 Å². The number of ether oxygens (including phenoxy) is 1.